The topological polar surface area (TPSA) is 66.4 Å². The van der Waals surface area contributed by atoms with Gasteiger partial charge in [0.05, 0.1) is 12.0 Å². The van der Waals surface area contributed by atoms with Crippen molar-refractivity contribution in [3.05, 3.63) is 35.1 Å². The average Bonchev–Trinajstić information content (AvgIpc) is 2.15. The van der Waals surface area contributed by atoms with E-state index in [0.717, 1.165) is 5.56 Å². The fourth-order valence-corrected chi connectivity index (χ4v) is 1.42. The zero-order valence-corrected chi connectivity index (χ0v) is 9.66. The molecule has 0 radical (unpaired) electrons. The highest BCUT2D eigenvalue weighted by Crippen LogP contribution is 2.10. The first-order valence-corrected chi connectivity index (χ1v) is 5.19. The first kappa shape index (κ1) is 13.2. The maximum Gasteiger partial charge on any atom is 0.305 e. The highest BCUT2D eigenvalue weighted by atomic mass is 19.1. The first-order valence-electron chi connectivity index (χ1n) is 5.19. The van der Waals surface area contributed by atoms with Crippen molar-refractivity contribution in [2.24, 2.45) is 0 Å². The Morgan fingerprint density at radius 1 is 1.47 bits per heavy atom. The number of aryl methyl sites for hydroxylation is 1. The third-order valence-corrected chi connectivity index (χ3v) is 2.23. The Hall–Kier alpha value is -1.91. The number of carbonyl (C=O) groups excluding carboxylic acids is 1. The summed E-state index contributed by atoms with van der Waals surface area (Å²) in [6.45, 7) is 3.27. The lowest BCUT2D eigenvalue weighted by atomic mass is 10.1. The Morgan fingerprint density at radius 2 is 2.12 bits per heavy atom. The van der Waals surface area contributed by atoms with Crippen molar-refractivity contribution in [1.82, 2.24) is 5.32 Å². The number of nitrogens with one attached hydrogen (secondary N) is 1. The lowest BCUT2D eigenvalue weighted by Gasteiger charge is -2.12. The summed E-state index contributed by atoms with van der Waals surface area (Å²) in [6, 6.07) is 3.73. The maximum atomic E-state index is 13.4. The van der Waals surface area contributed by atoms with Gasteiger partial charge in [-0.2, -0.15) is 0 Å². The number of amides is 1. The molecule has 1 unspecified atom stereocenters. The molecule has 0 aliphatic rings. The average molecular weight is 239 g/mol. The molecule has 0 saturated carbocycles. The van der Waals surface area contributed by atoms with Crippen LogP contribution in [0.5, 0.6) is 0 Å². The van der Waals surface area contributed by atoms with Crippen LogP contribution in [0.25, 0.3) is 0 Å². The van der Waals surface area contributed by atoms with Crippen molar-refractivity contribution in [2.75, 3.05) is 0 Å². The Kier molecular flexibility index (Phi) is 4.20. The molecule has 1 amide bonds. The van der Waals surface area contributed by atoms with Crippen molar-refractivity contribution >= 4 is 11.9 Å². The Balaban J connectivity index is 2.73. The number of rotatable bonds is 4. The fraction of sp³-hybridized carbons (Fsp3) is 0.333. The van der Waals surface area contributed by atoms with E-state index in [1.165, 1.54) is 12.1 Å². The summed E-state index contributed by atoms with van der Waals surface area (Å²) in [7, 11) is 0. The van der Waals surface area contributed by atoms with Gasteiger partial charge in [0.2, 0.25) is 0 Å². The van der Waals surface area contributed by atoms with Gasteiger partial charge in [-0.3, -0.25) is 9.59 Å². The number of benzene rings is 1. The Morgan fingerprint density at radius 3 is 2.65 bits per heavy atom. The van der Waals surface area contributed by atoms with E-state index in [2.05, 4.69) is 5.32 Å². The molecule has 1 atom stereocenters. The van der Waals surface area contributed by atoms with Gasteiger partial charge in [0.25, 0.3) is 5.91 Å². The van der Waals surface area contributed by atoms with E-state index in [-0.39, 0.29) is 12.0 Å². The molecule has 5 heteroatoms. The molecule has 1 rings (SSSR count). The van der Waals surface area contributed by atoms with Gasteiger partial charge in [-0.05, 0) is 31.5 Å². The molecule has 1 aromatic carbocycles. The molecule has 92 valence electrons. The van der Waals surface area contributed by atoms with Crippen LogP contribution in [-0.4, -0.2) is 23.0 Å². The first-order chi connectivity index (χ1) is 7.90. The smallest absolute Gasteiger partial charge is 0.305 e. The van der Waals surface area contributed by atoms with Gasteiger partial charge in [-0.25, -0.2) is 4.39 Å². The zero-order chi connectivity index (χ0) is 13.0. The molecule has 4 nitrogen and oxygen atoms in total. The number of carbonyl (C=O) groups is 2. The van der Waals surface area contributed by atoms with Crippen LogP contribution in [0.4, 0.5) is 4.39 Å². The summed E-state index contributed by atoms with van der Waals surface area (Å²) in [5, 5.41) is 11.0. The van der Waals surface area contributed by atoms with Crippen LogP contribution in [0, 0.1) is 12.7 Å². The molecular formula is C12H14FNO3. The van der Waals surface area contributed by atoms with Crippen molar-refractivity contribution in [3.8, 4) is 0 Å². The van der Waals surface area contributed by atoms with Crippen LogP contribution < -0.4 is 5.32 Å². The van der Waals surface area contributed by atoms with Gasteiger partial charge in [-0.15, -0.1) is 0 Å². The van der Waals surface area contributed by atoms with Gasteiger partial charge in [0.1, 0.15) is 5.82 Å². The number of hydrogen-bond donors (Lipinski definition) is 2. The van der Waals surface area contributed by atoms with E-state index in [9.17, 15) is 14.0 Å². The SMILES string of the molecule is Cc1ccc(C(=O)NC(C)CC(=O)O)c(F)c1. The summed E-state index contributed by atoms with van der Waals surface area (Å²) in [5.41, 5.74) is 0.644. The molecule has 17 heavy (non-hydrogen) atoms. The van der Waals surface area contributed by atoms with Gasteiger partial charge >= 0.3 is 5.97 Å². The highest BCUT2D eigenvalue weighted by Gasteiger charge is 2.15. The van der Waals surface area contributed by atoms with Crippen molar-refractivity contribution in [3.63, 3.8) is 0 Å². The molecule has 0 bridgehead atoms. The number of carboxylic acid groups (broad SMARTS) is 1. The summed E-state index contributed by atoms with van der Waals surface area (Å²) in [4.78, 5) is 22.0. The van der Waals surface area contributed by atoms with Crippen LogP contribution >= 0.6 is 0 Å². The monoisotopic (exact) mass is 239 g/mol. The highest BCUT2D eigenvalue weighted by molar-refractivity contribution is 5.94. The molecule has 0 fully saturated rings. The minimum Gasteiger partial charge on any atom is -0.481 e. The molecular weight excluding hydrogens is 225 g/mol. The predicted octanol–water partition coefficient (Wildman–Crippen LogP) is 1.73. The molecule has 1 aromatic rings. The van der Waals surface area contributed by atoms with E-state index in [4.69, 9.17) is 5.11 Å². The number of aliphatic carboxylic acids is 1. The van der Waals surface area contributed by atoms with Crippen LogP contribution in [0.3, 0.4) is 0 Å². The predicted molar refractivity (Wildman–Crippen MR) is 60.3 cm³/mol. The summed E-state index contributed by atoms with van der Waals surface area (Å²) in [6.07, 6.45) is -0.195. The third kappa shape index (κ3) is 3.86. The second kappa shape index (κ2) is 5.43. The summed E-state index contributed by atoms with van der Waals surface area (Å²) in [5.74, 6) is -2.22. The lowest BCUT2D eigenvalue weighted by Crippen LogP contribution is -2.34. The zero-order valence-electron chi connectivity index (χ0n) is 9.66. The normalized spacial score (nSPS) is 11.9. The number of carboxylic acids is 1. The standard InChI is InChI=1S/C12H14FNO3/c1-7-3-4-9(10(13)5-7)12(17)14-8(2)6-11(15)16/h3-5,8H,6H2,1-2H3,(H,14,17)(H,15,16). The quantitative estimate of drug-likeness (QED) is 0.840. The maximum absolute atomic E-state index is 13.4. The second-order valence-electron chi connectivity index (χ2n) is 3.96. The number of halogens is 1. The summed E-state index contributed by atoms with van der Waals surface area (Å²) < 4.78 is 13.4. The van der Waals surface area contributed by atoms with Gasteiger partial charge in [0, 0.05) is 6.04 Å². The molecule has 0 saturated heterocycles. The van der Waals surface area contributed by atoms with E-state index in [1.54, 1.807) is 19.9 Å². The van der Waals surface area contributed by atoms with Gasteiger partial charge < -0.3 is 10.4 Å². The van der Waals surface area contributed by atoms with Crippen molar-refractivity contribution < 1.29 is 19.1 Å². The molecule has 0 heterocycles. The molecule has 2 N–H and O–H groups in total. The summed E-state index contributed by atoms with van der Waals surface area (Å²) >= 11 is 0. The lowest BCUT2D eigenvalue weighted by molar-refractivity contribution is -0.137. The molecule has 0 aliphatic carbocycles. The molecule has 0 spiro atoms. The largest absolute Gasteiger partial charge is 0.481 e. The van der Waals surface area contributed by atoms with Crippen LogP contribution in [0.2, 0.25) is 0 Å². The van der Waals surface area contributed by atoms with Crippen molar-refractivity contribution in [1.29, 1.82) is 0 Å². The van der Waals surface area contributed by atoms with Gasteiger partial charge in [0.15, 0.2) is 0 Å². The Bertz CT molecular complexity index is 445. The third-order valence-electron chi connectivity index (χ3n) is 2.23. The number of hydrogen-bond acceptors (Lipinski definition) is 2. The van der Waals surface area contributed by atoms with Crippen molar-refractivity contribution in [2.45, 2.75) is 26.3 Å². The van der Waals surface area contributed by atoms with E-state index < -0.39 is 23.7 Å². The van der Waals surface area contributed by atoms with Crippen LogP contribution in [-0.2, 0) is 4.79 Å². The Labute approximate surface area is 98.5 Å². The van der Waals surface area contributed by atoms with Crippen LogP contribution in [0.15, 0.2) is 18.2 Å². The second-order valence-corrected chi connectivity index (χ2v) is 3.96. The van der Waals surface area contributed by atoms with Crippen LogP contribution in [0.1, 0.15) is 29.3 Å². The van der Waals surface area contributed by atoms with E-state index >= 15 is 0 Å². The van der Waals surface area contributed by atoms with E-state index in [0.29, 0.717) is 0 Å². The minimum absolute atomic E-state index is 0.0761. The minimum atomic E-state index is -1.01. The van der Waals surface area contributed by atoms with Gasteiger partial charge in [-0.1, -0.05) is 6.07 Å². The fourth-order valence-electron chi connectivity index (χ4n) is 1.42. The molecule has 0 aliphatic heterocycles. The van der Waals surface area contributed by atoms with E-state index in [1.807, 2.05) is 0 Å². The molecule has 0 aromatic heterocycles.